The molecule has 60 heavy (non-hydrogen) atoms. The monoisotopic (exact) mass is 942 g/mol. The van der Waals surface area contributed by atoms with Gasteiger partial charge in [-0.2, -0.15) is 0 Å². The normalized spacial score (nSPS) is 24.4. The molecule has 2 aliphatic carbocycles. The van der Waals surface area contributed by atoms with E-state index in [4.69, 9.17) is 37.9 Å². The van der Waals surface area contributed by atoms with E-state index in [1.54, 1.807) is 28.4 Å². The Labute approximate surface area is 372 Å². The second-order valence-electron chi connectivity index (χ2n) is 15.9. The van der Waals surface area contributed by atoms with E-state index < -0.39 is 22.4 Å². The molecular weight excluding hydrogens is 888 g/mol. The highest BCUT2D eigenvalue weighted by atomic mass is 79.9. The minimum Gasteiger partial charge on any atom is -0.359 e. The molecule has 0 spiro atoms. The summed E-state index contributed by atoms with van der Waals surface area (Å²) in [5, 5.41) is 0. The third-order valence-corrected chi connectivity index (χ3v) is 13.7. The van der Waals surface area contributed by atoms with Crippen molar-refractivity contribution in [2.24, 2.45) is 0 Å². The van der Waals surface area contributed by atoms with Gasteiger partial charge in [0.15, 0.2) is 0 Å². The Morgan fingerprint density at radius 3 is 0.700 bits per heavy atom. The lowest BCUT2D eigenvalue weighted by Crippen LogP contribution is -2.43. The summed E-state index contributed by atoms with van der Waals surface area (Å²) >= 11 is 7.16. The molecule has 0 radical (unpaired) electrons. The maximum Gasteiger partial charge on any atom is 0.147 e. The number of benzene rings is 5. The predicted molar refractivity (Wildman–Crippen MR) is 241 cm³/mol. The van der Waals surface area contributed by atoms with E-state index in [0.29, 0.717) is 0 Å². The maximum atomic E-state index is 6.54. The summed E-state index contributed by atoms with van der Waals surface area (Å²) in [6.45, 7) is 0.887. The smallest absolute Gasteiger partial charge is 0.147 e. The highest BCUT2D eigenvalue weighted by molar-refractivity contribution is 9.10. The number of hydrogen-bond donors (Lipinski definition) is 0. The molecule has 7 rings (SSSR count). The van der Waals surface area contributed by atoms with Crippen LogP contribution < -0.4 is 0 Å². The molecule has 2 saturated carbocycles. The average molecular weight is 945 g/mol. The summed E-state index contributed by atoms with van der Waals surface area (Å²) < 4.78 is 49.7. The van der Waals surface area contributed by atoms with Crippen LogP contribution in [0.2, 0.25) is 0 Å². The zero-order chi connectivity index (χ0) is 42.1. The van der Waals surface area contributed by atoms with Crippen molar-refractivity contribution in [3.63, 3.8) is 0 Å². The fourth-order valence-electron chi connectivity index (χ4n) is 9.16. The summed E-state index contributed by atoms with van der Waals surface area (Å²) in [6.07, 6.45) is 6.23. The first-order valence-electron chi connectivity index (χ1n) is 20.6. The van der Waals surface area contributed by atoms with Crippen molar-refractivity contribution in [3.8, 4) is 22.3 Å². The van der Waals surface area contributed by atoms with Crippen LogP contribution in [-0.4, -0.2) is 55.6 Å². The first-order valence-corrected chi connectivity index (χ1v) is 22.2. The van der Waals surface area contributed by atoms with E-state index in [1.807, 2.05) is 0 Å². The molecule has 0 unspecified atom stereocenters. The number of ether oxygens (including phenoxy) is 8. The molecule has 0 N–H and O–H groups in total. The quantitative estimate of drug-likeness (QED) is 0.0805. The molecule has 0 bridgehead atoms. The minimum absolute atomic E-state index is 0.215. The van der Waals surface area contributed by atoms with Crippen LogP contribution in [0.15, 0.2) is 130 Å². The van der Waals surface area contributed by atoms with Crippen molar-refractivity contribution >= 4 is 31.9 Å². The maximum absolute atomic E-state index is 6.54. The predicted octanol–water partition coefficient (Wildman–Crippen LogP) is 12.4. The molecule has 0 amide bonds. The fraction of sp³-hybridized carbons (Fsp3) is 0.400. The zero-order valence-corrected chi connectivity index (χ0v) is 38.2. The van der Waals surface area contributed by atoms with Gasteiger partial charge in [-0.1, -0.05) is 129 Å². The Morgan fingerprint density at radius 2 is 0.500 bits per heavy atom. The molecule has 0 heterocycles. The van der Waals surface area contributed by atoms with Gasteiger partial charge in [0.2, 0.25) is 0 Å². The molecule has 0 atom stereocenters. The van der Waals surface area contributed by atoms with Crippen LogP contribution in [0.4, 0.5) is 0 Å². The molecule has 0 aliphatic heterocycles. The summed E-state index contributed by atoms with van der Waals surface area (Å²) in [5.74, 6) is 0. The zero-order valence-electron chi connectivity index (χ0n) is 35.1. The van der Waals surface area contributed by atoms with Gasteiger partial charge in [0.05, 0.1) is 22.4 Å². The average Bonchev–Trinajstić information content (AvgIpc) is 3.30. The minimum atomic E-state index is -0.495. The first-order chi connectivity index (χ1) is 29.2. The van der Waals surface area contributed by atoms with Crippen molar-refractivity contribution in [3.05, 3.63) is 153 Å². The summed E-state index contributed by atoms with van der Waals surface area (Å²) in [5.41, 5.74) is 7.27. The van der Waals surface area contributed by atoms with Gasteiger partial charge in [0, 0.05) is 37.4 Å². The van der Waals surface area contributed by atoms with E-state index in [1.165, 1.54) is 0 Å². The van der Waals surface area contributed by atoms with E-state index >= 15 is 0 Å². The van der Waals surface area contributed by atoms with Gasteiger partial charge in [-0.15, -0.1) is 0 Å². The lowest BCUT2D eigenvalue weighted by molar-refractivity contribution is -0.203. The van der Waals surface area contributed by atoms with Crippen LogP contribution in [0.3, 0.4) is 0 Å². The molecule has 2 aliphatic rings. The molecule has 5 aromatic rings. The lowest BCUT2D eigenvalue weighted by Gasteiger charge is -2.46. The van der Waals surface area contributed by atoms with Crippen molar-refractivity contribution in [2.75, 3.05) is 55.6 Å². The van der Waals surface area contributed by atoms with Crippen LogP contribution in [0, 0.1) is 0 Å². The number of hydrogen-bond acceptors (Lipinski definition) is 8. The van der Waals surface area contributed by atoms with Crippen molar-refractivity contribution in [1.29, 1.82) is 0 Å². The lowest BCUT2D eigenvalue weighted by atomic mass is 9.70. The van der Waals surface area contributed by atoms with Crippen molar-refractivity contribution in [1.82, 2.24) is 0 Å². The van der Waals surface area contributed by atoms with Gasteiger partial charge in [0.1, 0.15) is 27.2 Å². The topological polar surface area (TPSA) is 73.8 Å². The largest absolute Gasteiger partial charge is 0.359 e. The van der Waals surface area contributed by atoms with Gasteiger partial charge in [0.25, 0.3) is 0 Å². The number of halogens is 2. The van der Waals surface area contributed by atoms with Crippen LogP contribution >= 0.6 is 31.9 Å². The van der Waals surface area contributed by atoms with Gasteiger partial charge in [-0.05, 0) is 120 Å². The van der Waals surface area contributed by atoms with Gasteiger partial charge in [-0.25, -0.2) is 0 Å². The molecule has 0 saturated heterocycles. The second kappa shape index (κ2) is 20.3. The molecular formula is C50H56Br2O8. The van der Waals surface area contributed by atoms with Crippen molar-refractivity contribution in [2.45, 2.75) is 73.8 Å². The Hall–Kier alpha value is -3.26. The number of methoxy groups -OCH3 is 4. The number of rotatable bonds is 18. The second-order valence-corrected chi connectivity index (χ2v) is 17.8. The molecule has 5 aromatic carbocycles. The standard InChI is InChI=1S/C50H56Br2O8/c1-53-33-57-47(25-29-49(30-26-47,59-35-55-3)43-17-21-45(51)22-18-43)41-13-9-39(10-14-41)37-5-7-38(8-6-37)40-11-15-42(16-12-40)48(58-34-54-2)27-31-50(32-28-48,60-36-56-4)44-19-23-46(52)24-20-44/h5-24H,25-36H2,1-4H3. The molecule has 318 valence electrons. The molecule has 10 heteroatoms. The van der Waals surface area contributed by atoms with E-state index in [9.17, 15) is 0 Å². The Morgan fingerprint density at radius 1 is 0.317 bits per heavy atom. The third kappa shape index (κ3) is 9.84. The van der Waals surface area contributed by atoms with E-state index in [-0.39, 0.29) is 27.2 Å². The SMILES string of the molecule is COCOC1(c2ccc(Br)cc2)CCC(OCOC)(c2ccc(-c3ccc(-c4ccc(C5(OCOC)CCC(OCOC)(c6ccc(Br)cc6)CC5)cc4)cc3)cc2)CC1. The van der Waals surface area contributed by atoms with Gasteiger partial charge >= 0.3 is 0 Å². The molecule has 8 nitrogen and oxygen atoms in total. The van der Waals surface area contributed by atoms with E-state index in [2.05, 4.69) is 153 Å². The van der Waals surface area contributed by atoms with Crippen LogP contribution in [0.25, 0.3) is 22.3 Å². The highest BCUT2D eigenvalue weighted by Gasteiger charge is 2.48. The van der Waals surface area contributed by atoms with Crippen molar-refractivity contribution < 1.29 is 37.9 Å². The summed E-state index contributed by atoms with van der Waals surface area (Å²) in [6, 6.07) is 43.2. The third-order valence-electron chi connectivity index (χ3n) is 12.7. The van der Waals surface area contributed by atoms with Crippen LogP contribution in [0.5, 0.6) is 0 Å². The van der Waals surface area contributed by atoms with Crippen LogP contribution in [0.1, 0.15) is 73.6 Å². The Balaban J connectivity index is 1.05. The Bertz CT molecular complexity index is 1920. The van der Waals surface area contributed by atoms with Gasteiger partial charge < -0.3 is 37.9 Å². The van der Waals surface area contributed by atoms with E-state index in [0.717, 1.165) is 105 Å². The first kappa shape index (κ1) is 44.8. The summed E-state index contributed by atoms with van der Waals surface area (Å²) in [4.78, 5) is 0. The highest BCUT2D eigenvalue weighted by Crippen LogP contribution is 2.52. The molecule has 0 aromatic heterocycles. The fourth-order valence-corrected chi connectivity index (χ4v) is 9.69. The molecule has 2 fully saturated rings. The van der Waals surface area contributed by atoms with Crippen LogP contribution in [-0.2, 0) is 60.3 Å². The summed E-state index contributed by atoms with van der Waals surface area (Å²) in [7, 11) is 6.68. The Kier molecular flexibility index (Phi) is 15.1. The van der Waals surface area contributed by atoms with Gasteiger partial charge in [-0.3, -0.25) is 0 Å².